The lowest BCUT2D eigenvalue weighted by atomic mass is 10.2. The average Bonchev–Trinajstić information content (AvgIpc) is 3.06. The molecule has 2 heterocycles. The number of nitrogens with zero attached hydrogens (tertiary/aromatic N) is 3. The van der Waals surface area contributed by atoms with Gasteiger partial charge in [-0.25, -0.2) is 0 Å². The van der Waals surface area contributed by atoms with Crippen LogP contribution in [0.3, 0.4) is 0 Å². The number of nitrogens with one attached hydrogen (secondary N) is 1. The summed E-state index contributed by atoms with van der Waals surface area (Å²) in [6.07, 6.45) is 1.56. The van der Waals surface area contributed by atoms with Crippen LogP contribution in [0.1, 0.15) is 0 Å². The molecule has 1 saturated heterocycles. The summed E-state index contributed by atoms with van der Waals surface area (Å²) in [7, 11) is -3.86. The minimum atomic E-state index is -3.86. The van der Waals surface area contributed by atoms with Gasteiger partial charge in [0.25, 0.3) is 10.0 Å². The monoisotopic (exact) mass is 376 g/mol. The fourth-order valence-electron chi connectivity index (χ4n) is 3.04. The zero-order valence-corrected chi connectivity index (χ0v) is 15.0. The predicted octanol–water partition coefficient (Wildman–Crippen LogP) is 2.34. The number of hydrogen-bond donors (Lipinski definition) is 1. The van der Waals surface area contributed by atoms with Crippen molar-refractivity contribution < 1.29 is 8.42 Å². The fraction of sp³-hybridized carbons (Fsp3) is 0.235. The third-order valence-corrected chi connectivity index (χ3v) is 6.45. The van der Waals surface area contributed by atoms with Gasteiger partial charge < -0.3 is 10.2 Å². The topological polar surface area (TPSA) is 67.2 Å². The second-order valence-electron chi connectivity index (χ2n) is 5.90. The summed E-state index contributed by atoms with van der Waals surface area (Å²) in [6.45, 7) is 3.60. The van der Waals surface area contributed by atoms with Gasteiger partial charge in [-0.15, -0.1) is 0 Å². The molecule has 6 nitrogen and oxygen atoms in total. The highest BCUT2D eigenvalue weighted by atomic mass is 35.5. The molecule has 1 aliphatic rings. The molecule has 3 aromatic rings. The fourth-order valence-corrected chi connectivity index (χ4v) is 4.81. The number of rotatable bonds is 3. The number of aromatic nitrogens is 2. The lowest BCUT2D eigenvalue weighted by Gasteiger charge is -2.29. The molecule has 1 aromatic heterocycles. The van der Waals surface area contributed by atoms with Gasteiger partial charge in [0.05, 0.1) is 16.7 Å². The van der Waals surface area contributed by atoms with E-state index >= 15 is 0 Å². The Morgan fingerprint density at radius 1 is 1.08 bits per heavy atom. The molecule has 0 atom stereocenters. The van der Waals surface area contributed by atoms with E-state index in [-0.39, 0.29) is 9.92 Å². The Morgan fingerprint density at radius 2 is 1.84 bits per heavy atom. The Balaban J connectivity index is 1.83. The van der Waals surface area contributed by atoms with Crippen molar-refractivity contribution in [3.8, 4) is 0 Å². The Bertz CT molecular complexity index is 1030. The van der Waals surface area contributed by atoms with Gasteiger partial charge in [-0.1, -0.05) is 23.7 Å². The summed E-state index contributed by atoms with van der Waals surface area (Å²) in [4.78, 5) is 2.28. The molecule has 1 aliphatic heterocycles. The van der Waals surface area contributed by atoms with Gasteiger partial charge in [-0.3, -0.25) is 0 Å². The van der Waals surface area contributed by atoms with E-state index in [0.717, 1.165) is 41.3 Å². The molecule has 8 heteroatoms. The summed E-state index contributed by atoms with van der Waals surface area (Å²) in [6, 6.07) is 12.2. The zero-order chi connectivity index (χ0) is 17.4. The van der Waals surface area contributed by atoms with Gasteiger partial charge in [0.2, 0.25) is 0 Å². The number of anilines is 1. The van der Waals surface area contributed by atoms with Gasteiger partial charge in [0.15, 0.2) is 0 Å². The maximum atomic E-state index is 13.0. The van der Waals surface area contributed by atoms with Crippen LogP contribution in [0.15, 0.2) is 53.6 Å². The van der Waals surface area contributed by atoms with E-state index in [1.165, 1.54) is 6.07 Å². The number of halogens is 1. The van der Waals surface area contributed by atoms with Crippen LogP contribution in [0.5, 0.6) is 0 Å². The Hall–Kier alpha value is -2.09. The third-order valence-electron chi connectivity index (χ3n) is 4.35. The van der Waals surface area contributed by atoms with Crippen molar-refractivity contribution in [3.05, 3.63) is 53.7 Å². The minimum absolute atomic E-state index is 0.0502. The molecule has 2 aromatic carbocycles. The molecule has 1 fully saturated rings. The second kappa shape index (κ2) is 6.33. The zero-order valence-electron chi connectivity index (χ0n) is 13.4. The van der Waals surface area contributed by atoms with Gasteiger partial charge in [0, 0.05) is 37.3 Å². The molecule has 0 amide bonds. The van der Waals surface area contributed by atoms with Crippen LogP contribution >= 0.6 is 11.6 Å². The SMILES string of the molecule is O=S(=O)(c1ccccc1Cl)n1ncc2ccc(N3CCNCC3)cc21. The molecule has 0 spiro atoms. The van der Waals surface area contributed by atoms with Gasteiger partial charge in [0.1, 0.15) is 4.90 Å². The van der Waals surface area contributed by atoms with E-state index in [2.05, 4.69) is 15.3 Å². The van der Waals surface area contributed by atoms with Crippen molar-refractivity contribution in [2.75, 3.05) is 31.1 Å². The van der Waals surface area contributed by atoms with Crippen LogP contribution < -0.4 is 10.2 Å². The summed E-state index contributed by atoms with van der Waals surface area (Å²) in [5.41, 5.74) is 1.54. The van der Waals surface area contributed by atoms with E-state index < -0.39 is 10.0 Å². The Morgan fingerprint density at radius 3 is 2.60 bits per heavy atom. The molecule has 0 aliphatic carbocycles. The summed E-state index contributed by atoms with van der Waals surface area (Å²) in [5, 5.41) is 8.38. The second-order valence-corrected chi connectivity index (χ2v) is 8.05. The lowest BCUT2D eigenvalue weighted by Crippen LogP contribution is -2.43. The van der Waals surface area contributed by atoms with Gasteiger partial charge in [-0.05, 0) is 30.3 Å². The first-order chi connectivity index (χ1) is 12.1. The smallest absolute Gasteiger partial charge is 0.285 e. The number of hydrogen-bond acceptors (Lipinski definition) is 5. The number of benzene rings is 2. The molecule has 130 valence electrons. The van der Waals surface area contributed by atoms with Crippen molar-refractivity contribution in [1.29, 1.82) is 0 Å². The Labute approximate surface area is 151 Å². The van der Waals surface area contributed by atoms with Crippen molar-refractivity contribution in [3.63, 3.8) is 0 Å². The van der Waals surface area contributed by atoms with Gasteiger partial charge in [-0.2, -0.15) is 17.6 Å². The van der Waals surface area contributed by atoms with E-state index in [9.17, 15) is 8.42 Å². The molecule has 0 unspecified atom stereocenters. The molecular weight excluding hydrogens is 360 g/mol. The van der Waals surface area contributed by atoms with E-state index in [4.69, 9.17) is 11.6 Å². The molecule has 0 saturated carbocycles. The van der Waals surface area contributed by atoms with E-state index in [1.54, 1.807) is 24.4 Å². The molecule has 25 heavy (non-hydrogen) atoms. The largest absolute Gasteiger partial charge is 0.369 e. The van der Waals surface area contributed by atoms with Crippen molar-refractivity contribution >= 4 is 38.2 Å². The van der Waals surface area contributed by atoms with Gasteiger partial charge >= 0.3 is 0 Å². The molecule has 4 rings (SSSR count). The van der Waals surface area contributed by atoms with E-state index in [1.807, 2.05) is 18.2 Å². The van der Waals surface area contributed by atoms with Crippen molar-refractivity contribution in [1.82, 2.24) is 14.5 Å². The van der Waals surface area contributed by atoms with Crippen LogP contribution in [0.4, 0.5) is 5.69 Å². The summed E-state index contributed by atoms with van der Waals surface area (Å²) >= 11 is 6.09. The van der Waals surface area contributed by atoms with Crippen LogP contribution in [-0.2, 0) is 10.0 Å². The average molecular weight is 377 g/mol. The normalized spacial score (nSPS) is 15.6. The number of fused-ring (bicyclic) bond motifs is 1. The first-order valence-corrected chi connectivity index (χ1v) is 9.83. The van der Waals surface area contributed by atoms with Crippen molar-refractivity contribution in [2.45, 2.75) is 4.90 Å². The maximum Gasteiger partial charge on any atom is 0.285 e. The first kappa shape index (κ1) is 16.4. The van der Waals surface area contributed by atoms with Crippen LogP contribution in [-0.4, -0.2) is 43.8 Å². The minimum Gasteiger partial charge on any atom is -0.369 e. The maximum absolute atomic E-state index is 13.0. The molecule has 0 radical (unpaired) electrons. The molecule has 1 N–H and O–H groups in total. The third kappa shape index (κ3) is 2.88. The van der Waals surface area contributed by atoms with E-state index in [0.29, 0.717) is 5.52 Å². The summed E-state index contributed by atoms with van der Waals surface area (Å²) in [5.74, 6) is 0. The summed E-state index contributed by atoms with van der Waals surface area (Å²) < 4.78 is 27.1. The van der Waals surface area contributed by atoms with Crippen LogP contribution in [0.2, 0.25) is 5.02 Å². The standard InChI is InChI=1S/C17H17ClN4O2S/c18-15-3-1-2-4-17(15)25(23,24)22-16-11-14(6-5-13(16)12-20-22)21-9-7-19-8-10-21/h1-6,11-12,19H,7-10H2. The van der Waals surface area contributed by atoms with Crippen LogP contribution in [0, 0.1) is 0 Å². The lowest BCUT2D eigenvalue weighted by molar-refractivity contribution is 0.582. The first-order valence-electron chi connectivity index (χ1n) is 8.01. The predicted molar refractivity (Wildman–Crippen MR) is 98.9 cm³/mol. The highest BCUT2D eigenvalue weighted by Gasteiger charge is 2.23. The highest BCUT2D eigenvalue weighted by molar-refractivity contribution is 7.90. The molecule has 0 bridgehead atoms. The number of piperazine rings is 1. The molecular formula is C17H17ClN4O2S. The van der Waals surface area contributed by atoms with Crippen LogP contribution in [0.25, 0.3) is 10.9 Å². The Kier molecular flexibility index (Phi) is 4.15. The quantitative estimate of drug-likeness (QED) is 0.760. The highest BCUT2D eigenvalue weighted by Crippen LogP contribution is 2.28. The van der Waals surface area contributed by atoms with Crippen molar-refractivity contribution in [2.24, 2.45) is 0 Å².